The average Bonchev–Trinajstić information content (AvgIpc) is 2.57. The number of carbonyl (C=O) groups is 1. The van der Waals surface area contributed by atoms with Gasteiger partial charge in [-0.3, -0.25) is 9.59 Å². The van der Waals surface area contributed by atoms with Crippen LogP contribution in [0.5, 0.6) is 0 Å². The number of aromatic amines is 1. The van der Waals surface area contributed by atoms with Crippen LogP contribution in [0.3, 0.4) is 0 Å². The second kappa shape index (κ2) is 7.36. The van der Waals surface area contributed by atoms with E-state index in [0.717, 1.165) is 18.2 Å². The van der Waals surface area contributed by atoms with Crippen LogP contribution in [0, 0.1) is 5.92 Å². The lowest BCUT2D eigenvalue weighted by Crippen LogP contribution is -2.37. The molecule has 1 heterocycles. The molecule has 0 spiro atoms. The molecule has 4 N–H and O–H groups in total. The first kappa shape index (κ1) is 17.0. The van der Waals surface area contributed by atoms with Gasteiger partial charge in [-0.05, 0) is 35.9 Å². The summed E-state index contributed by atoms with van der Waals surface area (Å²) in [5, 5.41) is 4.35. The zero-order chi connectivity index (χ0) is 17.1. The third kappa shape index (κ3) is 3.79. The van der Waals surface area contributed by atoms with Crippen molar-refractivity contribution in [3.8, 4) is 0 Å². The second-order valence-electron chi connectivity index (χ2n) is 6.56. The standard InChI is InChI=1S/C18H22ClN3O2/c19-14-10-13-12(6-7-21-17(13)23)9-16(14)22-18(24)15(20)8-11-4-2-1-3-5-11/h6-7,9-11,15H,1-5,8,20H2,(H,21,23)(H,22,24)/t15-/m0/s1. The van der Waals surface area contributed by atoms with Crippen LogP contribution in [-0.4, -0.2) is 16.9 Å². The molecule has 1 amide bonds. The first-order valence-electron chi connectivity index (χ1n) is 8.42. The van der Waals surface area contributed by atoms with Gasteiger partial charge in [0.1, 0.15) is 0 Å². The van der Waals surface area contributed by atoms with E-state index < -0.39 is 6.04 Å². The largest absolute Gasteiger partial charge is 0.329 e. The molecule has 1 atom stereocenters. The maximum absolute atomic E-state index is 12.4. The Morgan fingerprint density at radius 3 is 2.83 bits per heavy atom. The third-order valence-electron chi connectivity index (χ3n) is 4.77. The number of benzene rings is 1. The smallest absolute Gasteiger partial charge is 0.255 e. The number of nitrogens with two attached hydrogens (primary N) is 1. The van der Waals surface area contributed by atoms with Gasteiger partial charge in [0, 0.05) is 11.6 Å². The van der Waals surface area contributed by atoms with Crippen LogP contribution in [0.2, 0.25) is 5.02 Å². The number of halogens is 1. The predicted molar refractivity (Wildman–Crippen MR) is 97.4 cm³/mol. The van der Waals surface area contributed by atoms with Gasteiger partial charge in [-0.1, -0.05) is 43.7 Å². The number of nitrogens with one attached hydrogen (secondary N) is 2. The highest BCUT2D eigenvalue weighted by atomic mass is 35.5. The summed E-state index contributed by atoms with van der Waals surface area (Å²) in [6, 6.07) is 4.50. The number of carbonyl (C=O) groups excluding carboxylic acids is 1. The lowest BCUT2D eigenvalue weighted by molar-refractivity contribution is -0.117. The third-order valence-corrected chi connectivity index (χ3v) is 5.08. The van der Waals surface area contributed by atoms with Gasteiger partial charge >= 0.3 is 0 Å². The van der Waals surface area contributed by atoms with Crippen LogP contribution in [0.4, 0.5) is 5.69 Å². The van der Waals surface area contributed by atoms with Gasteiger partial charge in [0.2, 0.25) is 5.91 Å². The summed E-state index contributed by atoms with van der Waals surface area (Å²) < 4.78 is 0. The van der Waals surface area contributed by atoms with E-state index in [1.165, 1.54) is 19.3 Å². The van der Waals surface area contributed by atoms with Gasteiger partial charge in [0.25, 0.3) is 5.56 Å². The zero-order valence-corrected chi connectivity index (χ0v) is 14.2. The molecule has 5 nitrogen and oxygen atoms in total. The van der Waals surface area contributed by atoms with Crippen molar-refractivity contribution < 1.29 is 4.79 Å². The number of amides is 1. The molecule has 24 heavy (non-hydrogen) atoms. The molecular weight excluding hydrogens is 326 g/mol. The Balaban J connectivity index is 1.72. The molecule has 1 fully saturated rings. The fourth-order valence-corrected chi connectivity index (χ4v) is 3.63. The Kier molecular flexibility index (Phi) is 5.21. The molecule has 0 bridgehead atoms. The van der Waals surface area contributed by atoms with E-state index in [-0.39, 0.29) is 11.5 Å². The van der Waals surface area contributed by atoms with E-state index in [1.807, 2.05) is 0 Å². The van der Waals surface area contributed by atoms with E-state index in [2.05, 4.69) is 10.3 Å². The molecule has 3 rings (SSSR count). The second-order valence-corrected chi connectivity index (χ2v) is 6.97. The highest BCUT2D eigenvalue weighted by molar-refractivity contribution is 6.34. The number of hydrogen-bond donors (Lipinski definition) is 3. The number of rotatable bonds is 4. The highest BCUT2D eigenvalue weighted by Gasteiger charge is 2.22. The number of fused-ring (bicyclic) bond motifs is 1. The van der Waals surface area contributed by atoms with Crippen molar-refractivity contribution in [3.05, 3.63) is 39.8 Å². The van der Waals surface area contributed by atoms with Crippen LogP contribution >= 0.6 is 11.6 Å². The maximum atomic E-state index is 12.4. The van der Waals surface area contributed by atoms with Crippen molar-refractivity contribution in [2.45, 2.75) is 44.6 Å². The van der Waals surface area contributed by atoms with E-state index in [0.29, 0.717) is 28.4 Å². The monoisotopic (exact) mass is 347 g/mol. The molecule has 1 aromatic heterocycles. The quantitative estimate of drug-likeness (QED) is 0.791. The summed E-state index contributed by atoms with van der Waals surface area (Å²) in [7, 11) is 0. The summed E-state index contributed by atoms with van der Waals surface area (Å²) in [6.45, 7) is 0. The van der Waals surface area contributed by atoms with Crippen LogP contribution in [-0.2, 0) is 4.79 Å². The SMILES string of the molecule is N[C@@H](CC1CCCCC1)C(=O)Nc1cc2cc[nH]c(=O)c2cc1Cl. The topological polar surface area (TPSA) is 88.0 Å². The highest BCUT2D eigenvalue weighted by Crippen LogP contribution is 2.29. The van der Waals surface area contributed by atoms with Crippen molar-refractivity contribution in [1.29, 1.82) is 0 Å². The molecule has 0 radical (unpaired) electrons. The van der Waals surface area contributed by atoms with Crippen molar-refractivity contribution in [2.24, 2.45) is 11.7 Å². The fraction of sp³-hybridized carbons (Fsp3) is 0.444. The fourth-order valence-electron chi connectivity index (χ4n) is 3.42. The minimum absolute atomic E-state index is 0.207. The summed E-state index contributed by atoms with van der Waals surface area (Å²) in [5.74, 6) is 0.303. The van der Waals surface area contributed by atoms with Crippen molar-refractivity contribution in [2.75, 3.05) is 5.32 Å². The molecule has 0 saturated heterocycles. The van der Waals surface area contributed by atoms with Gasteiger partial charge in [0.05, 0.1) is 16.8 Å². The van der Waals surface area contributed by atoms with Crippen molar-refractivity contribution >= 4 is 34.0 Å². The molecule has 1 aliphatic carbocycles. The Morgan fingerprint density at radius 1 is 1.33 bits per heavy atom. The Hall–Kier alpha value is -1.85. The minimum Gasteiger partial charge on any atom is -0.329 e. The van der Waals surface area contributed by atoms with E-state index >= 15 is 0 Å². The molecule has 6 heteroatoms. The first-order chi connectivity index (χ1) is 11.5. The first-order valence-corrected chi connectivity index (χ1v) is 8.80. The van der Waals surface area contributed by atoms with Gasteiger partial charge in [-0.25, -0.2) is 0 Å². The van der Waals surface area contributed by atoms with Gasteiger partial charge in [-0.15, -0.1) is 0 Å². The summed E-state index contributed by atoms with van der Waals surface area (Å²) in [6.07, 6.45) is 8.31. The van der Waals surface area contributed by atoms with E-state index in [1.54, 1.807) is 24.4 Å². The number of aromatic nitrogens is 1. The van der Waals surface area contributed by atoms with Gasteiger partial charge in [-0.2, -0.15) is 0 Å². The summed E-state index contributed by atoms with van der Waals surface area (Å²) in [5.41, 5.74) is 6.35. The van der Waals surface area contributed by atoms with Crippen molar-refractivity contribution in [3.63, 3.8) is 0 Å². The van der Waals surface area contributed by atoms with E-state index in [9.17, 15) is 9.59 Å². The van der Waals surface area contributed by atoms with Crippen LogP contribution < -0.4 is 16.6 Å². The minimum atomic E-state index is -0.543. The van der Waals surface area contributed by atoms with Crippen LogP contribution in [0.1, 0.15) is 38.5 Å². The number of H-pyrrole nitrogens is 1. The van der Waals surface area contributed by atoms with Crippen LogP contribution in [0.15, 0.2) is 29.2 Å². The average molecular weight is 348 g/mol. The molecule has 1 saturated carbocycles. The molecule has 1 aromatic carbocycles. The Labute approximate surface area is 145 Å². The maximum Gasteiger partial charge on any atom is 0.255 e. The number of hydrogen-bond acceptors (Lipinski definition) is 3. The molecule has 1 aliphatic rings. The van der Waals surface area contributed by atoms with E-state index in [4.69, 9.17) is 17.3 Å². The zero-order valence-electron chi connectivity index (χ0n) is 13.5. The Bertz CT molecular complexity index is 796. The summed E-state index contributed by atoms with van der Waals surface area (Å²) >= 11 is 6.21. The normalized spacial score (nSPS) is 16.9. The predicted octanol–water partition coefficient (Wildman–Crippen LogP) is 3.42. The van der Waals surface area contributed by atoms with Crippen LogP contribution in [0.25, 0.3) is 10.8 Å². The lowest BCUT2D eigenvalue weighted by atomic mass is 9.85. The summed E-state index contributed by atoms with van der Waals surface area (Å²) in [4.78, 5) is 26.8. The van der Waals surface area contributed by atoms with Gasteiger partial charge in [0.15, 0.2) is 0 Å². The molecular formula is C18H22ClN3O2. The number of pyridine rings is 1. The van der Waals surface area contributed by atoms with Crippen molar-refractivity contribution in [1.82, 2.24) is 4.98 Å². The molecule has 0 aliphatic heterocycles. The molecule has 2 aromatic rings. The Morgan fingerprint density at radius 2 is 2.08 bits per heavy atom. The molecule has 0 unspecified atom stereocenters. The number of anilines is 1. The molecule has 128 valence electrons. The lowest BCUT2D eigenvalue weighted by Gasteiger charge is -2.24. The van der Waals surface area contributed by atoms with Gasteiger partial charge < -0.3 is 16.0 Å².